The molecule has 2 aromatic rings. The fraction of sp³-hybridized carbons (Fsp3) is 0.381. The smallest absolute Gasteiger partial charge is 0.223 e. The summed E-state index contributed by atoms with van der Waals surface area (Å²) >= 11 is 0. The summed E-state index contributed by atoms with van der Waals surface area (Å²) in [5.41, 5.74) is 10.3. The second-order valence-electron chi connectivity index (χ2n) is 6.71. The first-order valence-electron chi connectivity index (χ1n) is 8.84. The number of aryl methyl sites for hydroxylation is 2. The number of anilines is 1. The van der Waals surface area contributed by atoms with Crippen LogP contribution in [0.25, 0.3) is 0 Å². The number of carbonyl (C=O) groups is 1. The van der Waals surface area contributed by atoms with Gasteiger partial charge < -0.3 is 10.6 Å². The summed E-state index contributed by atoms with van der Waals surface area (Å²) in [6.45, 7) is 2.96. The van der Waals surface area contributed by atoms with Crippen molar-refractivity contribution in [3.8, 4) is 0 Å². The van der Waals surface area contributed by atoms with Gasteiger partial charge in [-0.05, 0) is 49.8 Å². The summed E-state index contributed by atoms with van der Waals surface area (Å²) in [4.78, 5) is 14.9. The van der Waals surface area contributed by atoms with E-state index < -0.39 is 0 Å². The molecule has 1 saturated heterocycles. The van der Waals surface area contributed by atoms with Gasteiger partial charge in [-0.3, -0.25) is 4.79 Å². The van der Waals surface area contributed by atoms with Gasteiger partial charge >= 0.3 is 0 Å². The minimum atomic E-state index is 0.222. The Morgan fingerprint density at radius 2 is 1.88 bits per heavy atom. The molecule has 0 aliphatic carbocycles. The number of rotatable bonds is 4. The average molecular weight is 322 g/mol. The molecule has 1 aliphatic heterocycles. The number of carbonyl (C=O) groups excluding carboxylic acids is 1. The van der Waals surface area contributed by atoms with E-state index in [1.54, 1.807) is 0 Å². The van der Waals surface area contributed by atoms with E-state index in [9.17, 15) is 4.79 Å². The summed E-state index contributed by atoms with van der Waals surface area (Å²) in [6, 6.07) is 16.6. The number of benzene rings is 2. The molecule has 0 radical (unpaired) electrons. The number of nitrogens with two attached hydrogens (primary N) is 1. The fourth-order valence-electron chi connectivity index (χ4n) is 3.51. The summed E-state index contributed by atoms with van der Waals surface area (Å²) in [7, 11) is 0. The lowest BCUT2D eigenvalue weighted by Gasteiger charge is -2.36. The van der Waals surface area contributed by atoms with Gasteiger partial charge in [-0.2, -0.15) is 0 Å². The fourth-order valence-corrected chi connectivity index (χ4v) is 3.51. The maximum absolute atomic E-state index is 12.8. The van der Waals surface area contributed by atoms with Gasteiger partial charge in [0.1, 0.15) is 0 Å². The van der Waals surface area contributed by atoms with E-state index in [1.165, 1.54) is 17.5 Å². The van der Waals surface area contributed by atoms with E-state index in [0.717, 1.165) is 30.6 Å². The zero-order valence-electron chi connectivity index (χ0n) is 14.4. The van der Waals surface area contributed by atoms with Crippen LogP contribution in [0, 0.1) is 6.92 Å². The van der Waals surface area contributed by atoms with Crippen molar-refractivity contribution in [3.63, 3.8) is 0 Å². The predicted octanol–water partition coefficient (Wildman–Crippen LogP) is 4.26. The Bertz CT molecular complexity index is 693. The molecule has 1 atom stereocenters. The molecule has 0 aromatic heterocycles. The van der Waals surface area contributed by atoms with Gasteiger partial charge in [-0.25, -0.2) is 0 Å². The third kappa shape index (κ3) is 3.78. The number of hydrogen-bond acceptors (Lipinski definition) is 2. The topological polar surface area (TPSA) is 46.3 Å². The highest BCUT2D eigenvalue weighted by Crippen LogP contribution is 2.31. The van der Waals surface area contributed by atoms with E-state index in [2.05, 4.69) is 36.1 Å². The van der Waals surface area contributed by atoms with E-state index in [4.69, 9.17) is 5.73 Å². The predicted molar refractivity (Wildman–Crippen MR) is 98.7 cm³/mol. The first-order chi connectivity index (χ1) is 11.6. The largest absolute Gasteiger partial charge is 0.399 e. The van der Waals surface area contributed by atoms with Crippen LogP contribution in [0.5, 0.6) is 0 Å². The molecule has 3 heteroatoms. The third-order valence-electron chi connectivity index (χ3n) is 4.95. The lowest BCUT2D eigenvalue weighted by molar-refractivity contribution is -0.135. The SMILES string of the molecule is Cc1ccc(C2CCCCN2C(=O)CCc2ccccc2N)cc1. The van der Waals surface area contributed by atoms with E-state index in [0.29, 0.717) is 12.8 Å². The second-order valence-corrected chi connectivity index (χ2v) is 6.71. The molecule has 0 bridgehead atoms. The van der Waals surface area contributed by atoms with Crippen molar-refractivity contribution in [2.24, 2.45) is 0 Å². The Kier molecular flexibility index (Phi) is 5.19. The lowest BCUT2D eigenvalue weighted by atomic mass is 9.94. The van der Waals surface area contributed by atoms with Crippen molar-refractivity contribution in [1.82, 2.24) is 4.90 Å². The van der Waals surface area contributed by atoms with Crippen LogP contribution in [0.15, 0.2) is 48.5 Å². The highest BCUT2D eigenvalue weighted by atomic mass is 16.2. The Morgan fingerprint density at radius 1 is 1.12 bits per heavy atom. The van der Waals surface area contributed by atoms with Crippen molar-refractivity contribution >= 4 is 11.6 Å². The van der Waals surface area contributed by atoms with E-state index in [1.807, 2.05) is 24.3 Å². The van der Waals surface area contributed by atoms with Gasteiger partial charge in [0.05, 0.1) is 6.04 Å². The number of nitrogens with zero attached hydrogens (tertiary/aromatic N) is 1. The lowest BCUT2D eigenvalue weighted by Crippen LogP contribution is -2.38. The monoisotopic (exact) mass is 322 g/mol. The summed E-state index contributed by atoms with van der Waals surface area (Å²) in [5.74, 6) is 0.239. The van der Waals surface area contributed by atoms with Crippen LogP contribution in [-0.4, -0.2) is 17.4 Å². The van der Waals surface area contributed by atoms with E-state index in [-0.39, 0.29) is 11.9 Å². The molecule has 1 fully saturated rings. The molecule has 2 N–H and O–H groups in total. The van der Waals surface area contributed by atoms with Gasteiger partial charge in [-0.1, -0.05) is 48.0 Å². The van der Waals surface area contributed by atoms with Crippen molar-refractivity contribution in [2.45, 2.75) is 45.1 Å². The molecular formula is C21H26N2O. The Labute approximate surface area is 144 Å². The van der Waals surface area contributed by atoms with Crippen LogP contribution in [0.4, 0.5) is 5.69 Å². The minimum Gasteiger partial charge on any atom is -0.399 e. The van der Waals surface area contributed by atoms with Crippen LogP contribution in [0.2, 0.25) is 0 Å². The molecule has 2 aromatic carbocycles. The van der Waals surface area contributed by atoms with Gasteiger partial charge in [0.2, 0.25) is 5.91 Å². The molecule has 0 spiro atoms. The maximum Gasteiger partial charge on any atom is 0.223 e. The van der Waals surface area contributed by atoms with Crippen LogP contribution < -0.4 is 5.73 Å². The van der Waals surface area contributed by atoms with E-state index >= 15 is 0 Å². The minimum absolute atomic E-state index is 0.222. The number of para-hydroxylation sites is 1. The summed E-state index contributed by atoms with van der Waals surface area (Å²) in [5, 5.41) is 0. The van der Waals surface area contributed by atoms with Crippen molar-refractivity contribution in [1.29, 1.82) is 0 Å². The molecule has 0 saturated carbocycles. The van der Waals surface area contributed by atoms with Crippen molar-refractivity contribution in [2.75, 3.05) is 12.3 Å². The molecular weight excluding hydrogens is 296 g/mol. The molecule has 3 nitrogen and oxygen atoms in total. The average Bonchev–Trinajstić information content (AvgIpc) is 2.61. The molecule has 1 unspecified atom stereocenters. The zero-order valence-corrected chi connectivity index (χ0v) is 14.4. The number of amides is 1. The summed E-state index contributed by atoms with van der Waals surface area (Å²) < 4.78 is 0. The summed E-state index contributed by atoms with van der Waals surface area (Å²) in [6.07, 6.45) is 4.58. The van der Waals surface area contributed by atoms with Crippen LogP contribution in [0.3, 0.4) is 0 Å². The third-order valence-corrected chi connectivity index (χ3v) is 4.95. The zero-order chi connectivity index (χ0) is 16.9. The van der Waals surface area contributed by atoms with Crippen molar-refractivity contribution < 1.29 is 4.79 Å². The highest BCUT2D eigenvalue weighted by molar-refractivity contribution is 5.77. The number of hydrogen-bond donors (Lipinski definition) is 1. The number of piperidine rings is 1. The normalized spacial score (nSPS) is 17.7. The van der Waals surface area contributed by atoms with Gasteiger partial charge in [0.15, 0.2) is 0 Å². The molecule has 126 valence electrons. The molecule has 1 heterocycles. The quantitative estimate of drug-likeness (QED) is 0.855. The molecule has 1 amide bonds. The van der Waals surface area contributed by atoms with Crippen LogP contribution in [-0.2, 0) is 11.2 Å². The maximum atomic E-state index is 12.8. The molecule has 3 rings (SSSR count). The van der Waals surface area contributed by atoms with Gasteiger partial charge in [0.25, 0.3) is 0 Å². The van der Waals surface area contributed by atoms with Crippen LogP contribution >= 0.6 is 0 Å². The Hall–Kier alpha value is -2.29. The highest BCUT2D eigenvalue weighted by Gasteiger charge is 2.27. The Balaban J connectivity index is 1.69. The molecule has 1 aliphatic rings. The first-order valence-corrected chi connectivity index (χ1v) is 8.84. The standard InChI is InChI=1S/C21H26N2O/c1-16-9-11-18(12-10-16)20-8-4-5-15-23(20)21(24)14-13-17-6-2-3-7-19(17)22/h2-3,6-7,9-12,20H,4-5,8,13-15,22H2,1H3. The van der Waals surface area contributed by atoms with Gasteiger partial charge in [-0.15, -0.1) is 0 Å². The number of likely N-dealkylation sites (tertiary alicyclic amines) is 1. The Morgan fingerprint density at radius 3 is 2.62 bits per heavy atom. The second kappa shape index (κ2) is 7.52. The molecule has 24 heavy (non-hydrogen) atoms. The van der Waals surface area contributed by atoms with Crippen LogP contribution in [0.1, 0.15) is 48.4 Å². The van der Waals surface area contributed by atoms with Gasteiger partial charge in [0, 0.05) is 18.7 Å². The first kappa shape index (κ1) is 16.6. The number of nitrogen functional groups attached to an aromatic ring is 1. The van der Waals surface area contributed by atoms with Crippen molar-refractivity contribution in [3.05, 3.63) is 65.2 Å².